The summed E-state index contributed by atoms with van der Waals surface area (Å²) in [6, 6.07) is 0. The van der Waals surface area contributed by atoms with E-state index in [9.17, 15) is 9.59 Å². The molecule has 0 atom stereocenters. The molecule has 0 aromatic heterocycles. The number of carboxylic acid groups (broad SMARTS) is 1. The third-order valence-corrected chi connectivity index (χ3v) is 6.27. The molecular formula is C28H55N2O3+. The number of unbranched alkanes of at least 4 members (excludes halogenated alkanes) is 15. The van der Waals surface area contributed by atoms with Gasteiger partial charge in [-0.05, 0) is 32.1 Å². The molecule has 1 amide bonds. The third kappa shape index (κ3) is 25.1. The molecule has 0 radical (unpaired) electrons. The summed E-state index contributed by atoms with van der Waals surface area (Å²) in [7, 11) is 3.74. The molecule has 0 saturated heterocycles. The molecule has 0 aliphatic heterocycles. The van der Waals surface area contributed by atoms with Gasteiger partial charge < -0.3 is 14.9 Å². The van der Waals surface area contributed by atoms with Crippen LogP contribution in [0.4, 0.5) is 0 Å². The maximum atomic E-state index is 11.9. The van der Waals surface area contributed by atoms with Gasteiger partial charge in [0.1, 0.15) is 0 Å². The van der Waals surface area contributed by atoms with Gasteiger partial charge in [0.25, 0.3) is 0 Å². The molecule has 0 bridgehead atoms. The SMILES string of the molecule is CCCCCCCC/C=C\CCCCCCCCCCCC(=O)NCC[N+](C)(C)CC(=O)O. The number of carbonyl (C=O) groups is 2. The van der Waals surface area contributed by atoms with Crippen molar-refractivity contribution in [2.45, 2.75) is 122 Å². The highest BCUT2D eigenvalue weighted by Gasteiger charge is 2.19. The third-order valence-electron chi connectivity index (χ3n) is 6.27. The molecule has 0 aromatic rings. The van der Waals surface area contributed by atoms with Gasteiger partial charge in [0.05, 0.1) is 27.2 Å². The molecule has 194 valence electrons. The van der Waals surface area contributed by atoms with Crippen molar-refractivity contribution in [2.24, 2.45) is 0 Å². The summed E-state index contributed by atoms with van der Waals surface area (Å²) in [5, 5.41) is 11.8. The van der Waals surface area contributed by atoms with Crippen molar-refractivity contribution in [1.29, 1.82) is 0 Å². The second-order valence-electron chi connectivity index (χ2n) is 10.3. The highest BCUT2D eigenvalue weighted by atomic mass is 16.4. The Morgan fingerprint density at radius 1 is 0.727 bits per heavy atom. The van der Waals surface area contributed by atoms with E-state index in [1.54, 1.807) is 0 Å². The molecule has 0 aliphatic carbocycles. The second kappa shape index (κ2) is 22.4. The first kappa shape index (κ1) is 31.6. The highest BCUT2D eigenvalue weighted by molar-refractivity contribution is 5.75. The van der Waals surface area contributed by atoms with Crippen molar-refractivity contribution in [3.8, 4) is 0 Å². The van der Waals surface area contributed by atoms with Crippen LogP contribution in [0.3, 0.4) is 0 Å². The second-order valence-corrected chi connectivity index (χ2v) is 10.3. The average Bonchev–Trinajstić information content (AvgIpc) is 2.74. The van der Waals surface area contributed by atoms with E-state index in [1.165, 1.54) is 96.3 Å². The Hall–Kier alpha value is -1.36. The number of nitrogens with zero attached hydrogens (tertiary/aromatic N) is 1. The van der Waals surface area contributed by atoms with E-state index < -0.39 is 5.97 Å². The summed E-state index contributed by atoms with van der Waals surface area (Å²) in [6.45, 7) is 3.51. The van der Waals surface area contributed by atoms with Crippen LogP contribution in [0.1, 0.15) is 122 Å². The van der Waals surface area contributed by atoms with Crippen molar-refractivity contribution < 1.29 is 19.2 Å². The fourth-order valence-electron chi connectivity index (χ4n) is 4.09. The molecule has 0 fully saturated rings. The average molecular weight is 468 g/mol. The van der Waals surface area contributed by atoms with Crippen LogP contribution in [0.25, 0.3) is 0 Å². The van der Waals surface area contributed by atoms with Crippen molar-refractivity contribution in [2.75, 3.05) is 33.7 Å². The highest BCUT2D eigenvalue weighted by Crippen LogP contribution is 2.12. The summed E-state index contributed by atoms with van der Waals surface area (Å²) in [5.41, 5.74) is 0. The lowest BCUT2D eigenvalue weighted by atomic mass is 10.1. The van der Waals surface area contributed by atoms with Crippen LogP contribution >= 0.6 is 0 Å². The maximum Gasteiger partial charge on any atom is 0.359 e. The fourth-order valence-corrected chi connectivity index (χ4v) is 4.09. The topological polar surface area (TPSA) is 66.4 Å². The molecular weight excluding hydrogens is 412 g/mol. The fraction of sp³-hybridized carbons (Fsp3) is 0.857. The first-order valence-corrected chi connectivity index (χ1v) is 13.8. The van der Waals surface area contributed by atoms with Gasteiger partial charge >= 0.3 is 5.97 Å². The van der Waals surface area contributed by atoms with E-state index in [4.69, 9.17) is 5.11 Å². The zero-order valence-corrected chi connectivity index (χ0v) is 22.2. The van der Waals surface area contributed by atoms with Crippen LogP contribution in [0.2, 0.25) is 0 Å². The summed E-state index contributed by atoms with van der Waals surface area (Å²) >= 11 is 0. The van der Waals surface area contributed by atoms with Crippen molar-refractivity contribution in [1.82, 2.24) is 5.32 Å². The van der Waals surface area contributed by atoms with E-state index in [-0.39, 0.29) is 12.5 Å². The van der Waals surface area contributed by atoms with Gasteiger partial charge in [0.15, 0.2) is 6.54 Å². The summed E-state index contributed by atoms with van der Waals surface area (Å²) in [4.78, 5) is 22.7. The Balaban J connectivity index is 3.32. The molecule has 0 unspecified atom stereocenters. The van der Waals surface area contributed by atoms with Crippen molar-refractivity contribution in [3.05, 3.63) is 12.2 Å². The van der Waals surface area contributed by atoms with Crippen molar-refractivity contribution >= 4 is 11.9 Å². The van der Waals surface area contributed by atoms with Gasteiger partial charge in [-0.15, -0.1) is 0 Å². The van der Waals surface area contributed by atoms with Crippen LogP contribution < -0.4 is 5.32 Å². The molecule has 0 aromatic carbocycles. The van der Waals surface area contributed by atoms with Crippen LogP contribution in [0.5, 0.6) is 0 Å². The van der Waals surface area contributed by atoms with Gasteiger partial charge in [-0.25, -0.2) is 4.79 Å². The lowest BCUT2D eigenvalue weighted by molar-refractivity contribution is -0.881. The Kier molecular flexibility index (Phi) is 21.5. The number of amides is 1. The number of hydrogen-bond donors (Lipinski definition) is 2. The Morgan fingerprint density at radius 3 is 1.67 bits per heavy atom. The molecule has 5 heteroatoms. The van der Waals surface area contributed by atoms with Crippen LogP contribution in [-0.4, -0.2) is 55.2 Å². The number of allylic oxidation sites excluding steroid dienone is 2. The monoisotopic (exact) mass is 467 g/mol. The number of nitrogens with one attached hydrogen (secondary N) is 1. The number of quaternary nitrogens is 1. The summed E-state index contributed by atoms with van der Waals surface area (Å²) in [6.07, 6.45) is 27.4. The molecule has 0 rings (SSSR count). The van der Waals surface area contributed by atoms with Gasteiger partial charge in [-0.1, -0.05) is 96.1 Å². The number of aliphatic carboxylic acids is 1. The predicted octanol–water partition coefficient (Wildman–Crippen LogP) is 6.86. The van der Waals surface area contributed by atoms with Gasteiger partial charge in [-0.3, -0.25) is 4.79 Å². The normalized spacial score (nSPS) is 11.8. The zero-order valence-electron chi connectivity index (χ0n) is 22.2. The van der Waals surface area contributed by atoms with Crippen molar-refractivity contribution in [3.63, 3.8) is 0 Å². The number of hydrogen-bond acceptors (Lipinski definition) is 2. The Labute approximate surface area is 205 Å². The molecule has 0 heterocycles. The lowest BCUT2D eigenvalue weighted by Crippen LogP contribution is -2.48. The first-order valence-electron chi connectivity index (χ1n) is 13.8. The van der Waals surface area contributed by atoms with E-state index in [0.29, 0.717) is 24.0 Å². The van der Waals surface area contributed by atoms with Crippen LogP contribution in [-0.2, 0) is 9.59 Å². The van der Waals surface area contributed by atoms with Crippen LogP contribution in [0.15, 0.2) is 12.2 Å². The largest absolute Gasteiger partial charge is 0.477 e. The minimum Gasteiger partial charge on any atom is -0.477 e. The Bertz CT molecular complexity index is 503. The van der Waals surface area contributed by atoms with Crippen LogP contribution in [0, 0.1) is 0 Å². The van der Waals surface area contributed by atoms with E-state index in [0.717, 1.165) is 12.8 Å². The lowest BCUT2D eigenvalue weighted by Gasteiger charge is -2.27. The van der Waals surface area contributed by atoms with Gasteiger partial charge in [0, 0.05) is 6.42 Å². The quantitative estimate of drug-likeness (QED) is 0.0925. The smallest absolute Gasteiger partial charge is 0.359 e. The molecule has 0 spiro atoms. The number of rotatable bonds is 24. The summed E-state index contributed by atoms with van der Waals surface area (Å²) < 4.78 is 0.381. The minimum absolute atomic E-state index is 0.0756. The zero-order chi connectivity index (χ0) is 24.6. The molecule has 5 nitrogen and oxygen atoms in total. The minimum atomic E-state index is -0.808. The molecule has 2 N–H and O–H groups in total. The van der Waals surface area contributed by atoms with E-state index in [1.807, 2.05) is 14.1 Å². The van der Waals surface area contributed by atoms with Gasteiger partial charge in [-0.2, -0.15) is 0 Å². The molecule has 33 heavy (non-hydrogen) atoms. The number of carbonyl (C=O) groups excluding carboxylic acids is 1. The Morgan fingerprint density at radius 2 is 1.18 bits per heavy atom. The molecule has 0 saturated carbocycles. The summed E-state index contributed by atoms with van der Waals surface area (Å²) in [5.74, 6) is -0.719. The van der Waals surface area contributed by atoms with E-state index >= 15 is 0 Å². The number of carboxylic acids is 1. The van der Waals surface area contributed by atoms with E-state index in [2.05, 4.69) is 24.4 Å². The number of likely N-dealkylation sites (N-methyl/N-ethyl adjacent to an activating group) is 1. The maximum absolute atomic E-state index is 11.9. The standard InChI is InChI=1S/C28H54N2O3/c1-4-5-6-7-8-9-10-11-12-13-14-15-16-17-18-19-20-21-22-23-27(31)29-24-25-30(2,3)26-28(32)33/h11-12H,4-10,13-26H2,1-3H3,(H-,29,31,32,33)/p+1/b12-11-. The van der Waals surface area contributed by atoms with Gasteiger partial charge in [0.2, 0.25) is 5.91 Å². The predicted molar refractivity (Wildman–Crippen MR) is 140 cm³/mol. The first-order chi connectivity index (χ1) is 15.9. The molecule has 0 aliphatic rings.